The average Bonchev–Trinajstić information content (AvgIpc) is 2.80. The molecule has 2 aromatic rings. The van der Waals surface area contributed by atoms with Gasteiger partial charge >= 0.3 is 0 Å². The molecule has 0 spiro atoms. The maximum Gasteiger partial charge on any atom is 0.266 e. The predicted molar refractivity (Wildman–Crippen MR) is 96.0 cm³/mol. The fourth-order valence-electron chi connectivity index (χ4n) is 1.99. The third kappa shape index (κ3) is 3.71. The second-order valence-corrected chi connectivity index (χ2v) is 6.82. The van der Waals surface area contributed by atoms with E-state index in [0.717, 1.165) is 10.0 Å². The van der Waals surface area contributed by atoms with E-state index in [-0.39, 0.29) is 11.7 Å². The fraction of sp³-hybridized carbons (Fsp3) is 0.0588. The van der Waals surface area contributed by atoms with E-state index in [4.69, 9.17) is 0 Å². The number of carbonyl (C=O) groups is 1. The molecule has 6 heteroatoms. The van der Waals surface area contributed by atoms with Crippen molar-refractivity contribution in [3.05, 3.63) is 69.3 Å². The zero-order chi connectivity index (χ0) is 16.4. The van der Waals surface area contributed by atoms with E-state index in [1.54, 1.807) is 19.2 Å². The Morgan fingerprint density at radius 1 is 1.13 bits per heavy atom. The summed E-state index contributed by atoms with van der Waals surface area (Å²) >= 11 is 4.69. The van der Waals surface area contributed by atoms with Crippen molar-refractivity contribution in [3.8, 4) is 0 Å². The number of amidine groups is 1. The van der Waals surface area contributed by atoms with Gasteiger partial charge in [-0.25, -0.2) is 9.38 Å². The van der Waals surface area contributed by atoms with Gasteiger partial charge in [-0.3, -0.25) is 9.69 Å². The van der Waals surface area contributed by atoms with Crippen LogP contribution in [0.4, 0.5) is 10.1 Å². The number of benzene rings is 2. The molecule has 1 amide bonds. The summed E-state index contributed by atoms with van der Waals surface area (Å²) in [4.78, 5) is 18.8. The first-order valence-electron chi connectivity index (χ1n) is 6.80. The van der Waals surface area contributed by atoms with E-state index in [9.17, 15) is 9.18 Å². The summed E-state index contributed by atoms with van der Waals surface area (Å²) in [7, 11) is 1.68. The molecular formula is C17H12BrFN2OS. The van der Waals surface area contributed by atoms with Crippen LogP contribution in [-0.4, -0.2) is 23.0 Å². The summed E-state index contributed by atoms with van der Waals surface area (Å²) in [5.74, 6) is -0.410. The first-order valence-corrected chi connectivity index (χ1v) is 8.41. The molecule has 2 aromatic carbocycles. The van der Waals surface area contributed by atoms with Crippen molar-refractivity contribution in [2.75, 3.05) is 7.05 Å². The quantitative estimate of drug-likeness (QED) is 0.688. The molecule has 0 unspecified atom stereocenters. The summed E-state index contributed by atoms with van der Waals surface area (Å²) in [6.07, 6.45) is 1.84. The summed E-state index contributed by atoms with van der Waals surface area (Å²) in [5, 5.41) is 0.574. The summed E-state index contributed by atoms with van der Waals surface area (Å²) in [5.41, 5.74) is 1.55. The lowest BCUT2D eigenvalue weighted by atomic mass is 10.2. The first-order chi connectivity index (χ1) is 11.0. The highest BCUT2D eigenvalue weighted by Gasteiger charge is 2.30. The highest BCUT2D eigenvalue weighted by Crippen LogP contribution is 2.33. The van der Waals surface area contributed by atoms with Crippen LogP contribution in [0.1, 0.15) is 5.56 Å². The third-order valence-corrected chi connectivity index (χ3v) is 4.81. The molecule has 0 aromatic heterocycles. The molecule has 0 saturated carbocycles. The predicted octanol–water partition coefficient (Wildman–Crippen LogP) is 4.82. The maximum absolute atomic E-state index is 12.9. The molecule has 0 radical (unpaired) electrons. The molecule has 116 valence electrons. The zero-order valence-electron chi connectivity index (χ0n) is 12.2. The van der Waals surface area contributed by atoms with E-state index >= 15 is 0 Å². The molecule has 1 saturated heterocycles. The highest BCUT2D eigenvalue weighted by atomic mass is 79.9. The number of thioether (sulfide) groups is 1. The normalized spacial score (nSPS) is 18.2. The monoisotopic (exact) mass is 390 g/mol. The van der Waals surface area contributed by atoms with Gasteiger partial charge < -0.3 is 0 Å². The van der Waals surface area contributed by atoms with Gasteiger partial charge in [0, 0.05) is 11.5 Å². The van der Waals surface area contributed by atoms with Crippen LogP contribution in [0.2, 0.25) is 0 Å². The Hall–Kier alpha value is -1.92. The number of hydrogen-bond acceptors (Lipinski definition) is 3. The van der Waals surface area contributed by atoms with E-state index in [1.165, 1.54) is 28.8 Å². The number of nitrogens with zero attached hydrogens (tertiary/aromatic N) is 2. The van der Waals surface area contributed by atoms with Crippen LogP contribution >= 0.6 is 27.7 Å². The molecule has 1 heterocycles. The van der Waals surface area contributed by atoms with Crippen molar-refractivity contribution in [1.29, 1.82) is 0 Å². The minimum Gasteiger partial charge on any atom is -0.290 e. The second-order valence-electron chi connectivity index (χ2n) is 4.90. The summed E-state index contributed by atoms with van der Waals surface area (Å²) in [6, 6.07) is 13.6. The van der Waals surface area contributed by atoms with E-state index in [2.05, 4.69) is 20.9 Å². The molecule has 1 fully saturated rings. The largest absolute Gasteiger partial charge is 0.290 e. The van der Waals surface area contributed by atoms with Crippen molar-refractivity contribution in [3.63, 3.8) is 0 Å². The van der Waals surface area contributed by atoms with Crippen molar-refractivity contribution in [1.82, 2.24) is 4.90 Å². The standard InChI is InChI=1S/C17H12BrFN2OS/c1-21-16(22)15(10-11-2-4-12(18)5-3-11)23-17(21)20-14-8-6-13(19)7-9-14/h2-10H,1H3/b15-10+,20-17?. The van der Waals surface area contributed by atoms with E-state index < -0.39 is 0 Å². The van der Waals surface area contributed by atoms with Gasteiger partial charge in [0.2, 0.25) is 0 Å². The Morgan fingerprint density at radius 2 is 1.78 bits per heavy atom. The molecular weight excluding hydrogens is 379 g/mol. The lowest BCUT2D eigenvalue weighted by Gasteiger charge is -2.06. The topological polar surface area (TPSA) is 32.7 Å². The number of rotatable bonds is 2. The van der Waals surface area contributed by atoms with Gasteiger partial charge in [-0.1, -0.05) is 28.1 Å². The van der Waals surface area contributed by atoms with Gasteiger partial charge in [0.25, 0.3) is 5.91 Å². The average molecular weight is 391 g/mol. The van der Waals surface area contributed by atoms with Gasteiger partial charge in [0.15, 0.2) is 5.17 Å². The molecule has 3 rings (SSSR count). The molecule has 3 nitrogen and oxygen atoms in total. The van der Waals surface area contributed by atoms with Crippen molar-refractivity contribution in [2.24, 2.45) is 4.99 Å². The zero-order valence-corrected chi connectivity index (χ0v) is 14.6. The number of likely N-dealkylation sites (N-methyl/N-ethyl adjacent to an activating group) is 1. The molecule has 0 atom stereocenters. The van der Waals surface area contributed by atoms with Gasteiger partial charge in [0.05, 0.1) is 10.6 Å². The minimum atomic E-state index is -0.312. The summed E-state index contributed by atoms with van der Waals surface area (Å²) in [6.45, 7) is 0. The Labute approximate surface area is 146 Å². The van der Waals surface area contributed by atoms with Crippen LogP contribution in [0.25, 0.3) is 6.08 Å². The number of amides is 1. The van der Waals surface area contributed by atoms with E-state index in [1.807, 2.05) is 30.3 Å². The lowest BCUT2D eigenvalue weighted by molar-refractivity contribution is -0.121. The van der Waals surface area contributed by atoms with Crippen LogP contribution < -0.4 is 0 Å². The number of halogens is 2. The van der Waals surface area contributed by atoms with Gasteiger partial charge in [-0.15, -0.1) is 0 Å². The van der Waals surface area contributed by atoms with Crippen molar-refractivity contribution in [2.45, 2.75) is 0 Å². The number of aliphatic imine (C=N–C) groups is 1. The molecule has 0 aliphatic carbocycles. The highest BCUT2D eigenvalue weighted by molar-refractivity contribution is 9.10. The van der Waals surface area contributed by atoms with Crippen molar-refractivity contribution >= 4 is 50.5 Å². The molecule has 1 aliphatic heterocycles. The molecule has 23 heavy (non-hydrogen) atoms. The lowest BCUT2D eigenvalue weighted by Crippen LogP contribution is -2.23. The fourth-order valence-corrected chi connectivity index (χ4v) is 3.24. The van der Waals surface area contributed by atoms with Crippen LogP contribution in [0.3, 0.4) is 0 Å². The van der Waals surface area contributed by atoms with Crippen LogP contribution in [0.5, 0.6) is 0 Å². The van der Waals surface area contributed by atoms with E-state index in [0.29, 0.717) is 15.8 Å². The molecule has 1 aliphatic rings. The van der Waals surface area contributed by atoms with Gasteiger partial charge in [-0.2, -0.15) is 0 Å². The van der Waals surface area contributed by atoms with Crippen LogP contribution in [0, 0.1) is 5.82 Å². The van der Waals surface area contributed by atoms with Gasteiger partial charge in [0.1, 0.15) is 5.82 Å². The number of hydrogen-bond donors (Lipinski definition) is 0. The minimum absolute atomic E-state index is 0.0984. The van der Waals surface area contributed by atoms with Crippen LogP contribution in [-0.2, 0) is 4.79 Å². The Bertz CT molecular complexity index is 800. The maximum atomic E-state index is 12.9. The smallest absolute Gasteiger partial charge is 0.266 e. The molecule has 0 bridgehead atoms. The first kappa shape index (κ1) is 16.0. The Morgan fingerprint density at radius 3 is 2.43 bits per heavy atom. The second kappa shape index (κ2) is 6.68. The summed E-state index contributed by atoms with van der Waals surface area (Å²) < 4.78 is 13.9. The van der Waals surface area contributed by atoms with Crippen LogP contribution in [0.15, 0.2) is 62.9 Å². The third-order valence-electron chi connectivity index (χ3n) is 3.22. The van der Waals surface area contributed by atoms with Crippen molar-refractivity contribution < 1.29 is 9.18 Å². The SMILES string of the molecule is CN1C(=O)/C(=C\c2ccc(Br)cc2)SC1=Nc1ccc(F)cc1. The molecule has 0 N–H and O–H groups in total. The Balaban J connectivity index is 1.87. The Kier molecular flexibility index (Phi) is 4.63. The number of carbonyl (C=O) groups excluding carboxylic acids is 1. The van der Waals surface area contributed by atoms with Gasteiger partial charge in [-0.05, 0) is 59.8 Å².